The highest BCUT2D eigenvalue weighted by Gasteiger charge is 2.11. The SMILES string of the molecule is CCC(=O)Oc1ccccc1C(C)CC. The molecule has 0 saturated heterocycles. The second-order valence-corrected chi connectivity index (χ2v) is 3.67. The summed E-state index contributed by atoms with van der Waals surface area (Å²) in [5.41, 5.74) is 1.11. The highest BCUT2D eigenvalue weighted by atomic mass is 16.5. The van der Waals surface area contributed by atoms with Gasteiger partial charge >= 0.3 is 5.97 Å². The Morgan fingerprint density at radius 3 is 2.60 bits per heavy atom. The van der Waals surface area contributed by atoms with Gasteiger partial charge in [-0.25, -0.2) is 0 Å². The Kier molecular flexibility index (Phi) is 4.35. The van der Waals surface area contributed by atoms with Crippen LogP contribution in [-0.2, 0) is 4.79 Å². The molecule has 0 aliphatic heterocycles. The second kappa shape index (κ2) is 5.54. The minimum Gasteiger partial charge on any atom is -0.426 e. The standard InChI is InChI=1S/C13H18O2/c1-4-10(3)11-8-6-7-9-12(11)15-13(14)5-2/h6-10H,4-5H2,1-3H3. The molecule has 1 rings (SSSR count). The van der Waals surface area contributed by atoms with Gasteiger partial charge < -0.3 is 4.74 Å². The predicted octanol–water partition coefficient (Wildman–Crippen LogP) is 3.52. The van der Waals surface area contributed by atoms with Gasteiger partial charge in [0.2, 0.25) is 0 Å². The normalized spacial score (nSPS) is 12.2. The van der Waals surface area contributed by atoms with Gasteiger partial charge in [0, 0.05) is 6.42 Å². The van der Waals surface area contributed by atoms with Crippen LogP contribution in [0.2, 0.25) is 0 Å². The third-order valence-corrected chi connectivity index (χ3v) is 2.57. The molecule has 1 aromatic carbocycles. The first kappa shape index (κ1) is 11.8. The van der Waals surface area contributed by atoms with Gasteiger partial charge in [-0.05, 0) is 24.0 Å². The maximum atomic E-state index is 11.2. The van der Waals surface area contributed by atoms with Crippen molar-refractivity contribution in [3.8, 4) is 5.75 Å². The fraction of sp³-hybridized carbons (Fsp3) is 0.462. The lowest BCUT2D eigenvalue weighted by molar-refractivity contribution is -0.134. The van der Waals surface area contributed by atoms with Crippen molar-refractivity contribution >= 4 is 5.97 Å². The van der Waals surface area contributed by atoms with Crippen LogP contribution in [0.3, 0.4) is 0 Å². The van der Waals surface area contributed by atoms with Gasteiger partial charge in [0.1, 0.15) is 5.75 Å². The molecule has 1 atom stereocenters. The van der Waals surface area contributed by atoms with E-state index in [1.165, 1.54) is 0 Å². The van der Waals surface area contributed by atoms with E-state index in [-0.39, 0.29) is 5.97 Å². The summed E-state index contributed by atoms with van der Waals surface area (Å²) in [6.07, 6.45) is 1.45. The Morgan fingerprint density at radius 2 is 2.00 bits per heavy atom. The van der Waals surface area contributed by atoms with Crippen LogP contribution in [0.4, 0.5) is 0 Å². The lowest BCUT2D eigenvalue weighted by atomic mass is 9.98. The van der Waals surface area contributed by atoms with E-state index >= 15 is 0 Å². The van der Waals surface area contributed by atoms with Crippen LogP contribution in [0.1, 0.15) is 45.1 Å². The van der Waals surface area contributed by atoms with E-state index in [9.17, 15) is 4.79 Å². The molecule has 0 spiro atoms. The van der Waals surface area contributed by atoms with Crippen molar-refractivity contribution in [3.63, 3.8) is 0 Å². The van der Waals surface area contributed by atoms with E-state index < -0.39 is 0 Å². The zero-order valence-electron chi connectivity index (χ0n) is 9.62. The van der Waals surface area contributed by atoms with Crippen molar-refractivity contribution < 1.29 is 9.53 Å². The highest BCUT2D eigenvalue weighted by molar-refractivity contribution is 5.72. The molecule has 0 fully saturated rings. The number of benzene rings is 1. The summed E-state index contributed by atoms with van der Waals surface area (Å²) in [5, 5.41) is 0. The molecule has 0 saturated carbocycles. The molecule has 2 nitrogen and oxygen atoms in total. The minimum atomic E-state index is -0.175. The first-order chi connectivity index (χ1) is 7.19. The van der Waals surface area contributed by atoms with Crippen molar-refractivity contribution in [3.05, 3.63) is 29.8 Å². The fourth-order valence-corrected chi connectivity index (χ4v) is 1.40. The van der Waals surface area contributed by atoms with Gasteiger partial charge in [-0.3, -0.25) is 4.79 Å². The molecule has 0 N–H and O–H groups in total. The summed E-state index contributed by atoms with van der Waals surface area (Å²) in [7, 11) is 0. The van der Waals surface area contributed by atoms with E-state index in [1.54, 1.807) is 6.92 Å². The van der Waals surface area contributed by atoms with Gasteiger partial charge in [0.05, 0.1) is 0 Å². The number of esters is 1. The van der Waals surface area contributed by atoms with Gasteiger partial charge in [-0.2, -0.15) is 0 Å². The summed E-state index contributed by atoms with van der Waals surface area (Å²) in [6.45, 7) is 6.07. The monoisotopic (exact) mass is 206 g/mol. The van der Waals surface area contributed by atoms with E-state index in [1.807, 2.05) is 24.3 Å². The predicted molar refractivity (Wildman–Crippen MR) is 61.1 cm³/mol. The third kappa shape index (κ3) is 3.08. The van der Waals surface area contributed by atoms with Gasteiger partial charge in [0.15, 0.2) is 0 Å². The zero-order chi connectivity index (χ0) is 11.3. The third-order valence-electron chi connectivity index (χ3n) is 2.57. The average Bonchev–Trinajstić information content (AvgIpc) is 2.28. The molecule has 0 aromatic heterocycles. The Hall–Kier alpha value is -1.31. The van der Waals surface area contributed by atoms with E-state index in [4.69, 9.17) is 4.74 Å². The van der Waals surface area contributed by atoms with Crippen molar-refractivity contribution in [2.24, 2.45) is 0 Å². The van der Waals surface area contributed by atoms with Gasteiger partial charge in [-0.15, -0.1) is 0 Å². The number of carbonyl (C=O) groups is 1. The maximum Gasteiger partial charge on any atom is 0.310 e. The van der Waals surface area contributed by atoms with E-state index in [2.05, 4.69) is 13.8 Å². The summed E-state index contributed by atoms with van der Waals surface area (Å²) >= 11 is 0. The van der Waals surface area contributed by atoms with Crippen molar-refractivity contribution in [2.75, 3.05) is 0 Å². The average molecular weight is 206 g/mol. The number of hydrogen-bond donors (Lipinski definition) is 0. The number of hydrogen-bond acceptors (Lipinski definition) is 2. The Labute approximate surface area is 91.3 Å². The van der Waals surface area contributed by atoms with Crippen LogP contribution >= 0.6 is 0 Å². The van der Waals surface area contributed by atoms with E-state index in [0.717, 1.165) is 12.0 Å². The largest absolute Gasteiger partial charge is 0.426 e. The van der Waals surface area contributed by atoms with E-state index in [0.29, 0.717) is 18.1 Å². The fourth-order valence-electron chi connectivity index (χ4n) is 1.40. The van der Waals surface area contributed by atoms with Gasteiger partial charge in [0.25, 0.3) is 0 Å². The van der Waals surface area contributed by atoms with Crippen LogP contribution < -0.4 is 4.74 Å². The number of para-hydroxylation sites is 1. The van der Waals surface area contributed by atoms with Crippen molar-refractivity contribution in [2.45, 2.75) is 39.5 Å². The summed E-state index contributed by atoms with van der Waals surface area (Å²) in [6, 6.07) is 7.75. The van der Waals surface area contributed by atoms with Gasteiger partial charge in [-0.1, -0.05) is 39.0 Å². The first-order valence-electron chi connectivity index (χ1n) is 5.48. The van der Waals surface area contributed by atoms with Crippen molar-refractivity contribution in [1.82, 2.24) is 0 Å². The molecule has 0 radical (unpaired) electrons. The summed E-state index contributed by atoms with van der Waals surface area (Å²) in [4.78, 5) is 11.2. The molecule has 0 aliphatic rings. The number of carbonyl (C=O) groups excluding carboxylic acids is 1. The molecule has 2 heteroatoms. The quantitative estimate of drug-likeness (QED) is 0.556. The second-order valence-electron chi connectivity index (χ2n) is 3.67. The molecule has 1 unspecified atom stereocenters. The maximum absolute atomic E-state index is 11.2. The van der Waals surface area contributed by atoms with Crippen LogP contribution in [-0.4, -0.2) is 5.97 Å². The molecule has 15 heavy (non-hydrogen) atoms. The summed E-state index contributed by atoms with van der Waals surface area (Å²) < 4.78 is 5.28. The molecule has 0 bridgehead atoms. The van der Waals surface area contributed by atoms with Crippen LogP contribution in [0.15, 0.2) is 24.3 Å². The smallest absolute Gasteiger partial charge is 0.310 e. The molecular weight excluding hydrogens is 188 g/mol. The number of ether oxygens (including phenoxy) is 1. The molecule has 82 valence electrons. The molecular formula is C13H18O2. The lowest BCUT2D eigenvalue weighted by Gasteiger charge is -2.13. The molecule has 1 aromatic rings. The Morgan fingerprint density at radius 1 is 1.33 bits per heavy atom. The molecule has 0 aliphatic carbocycles. The molecule has 0 amide bonds. The van der Waals surface area contributed by atoms with Crippen LogP contribution in [0.5, 0.6) is 5.75 Å². The highest BCUT2D eigenvalue weighted by Crippen LogP contribution is 2.28. The van der Waals surface area contributed by atoms with Crippen LogP contribution in [0.25, 0.3) is 0 Å². The summed E-state index contributed by atoms with van der Waals surface area (Å²) in [5.74, 6) is 0.954. The zero-order valence-corrected chi connectivity index (χ0v) is 9.62. The molecule has 0 heterocycles. The Bertz CT molecular complexity index is 331. The first-order valence-corrected chi connectivity index (χ1v) is 5.48. The number of rotatable bonds is 4. The Balaban J connectivity index is 2.91. The van der Waals surface area contributed by atoms with Crippen LogP contribution in [0, 0.1) is 0 Å². The van der Waals surface area contributed by atoms with Crippen molar-refractivity contribution in [1.29, 1.82) is 0 Å². The topological polar surface area (TPSA) is 26.3 Å². The minimum absolute atomic E-state index is 0.175. The lowest BCUT2D eigenvalue weighted by Crippen LogP contribution is -2.08.